The Morgan fingerprint density at radius 3 is 2.37 bits per heavy atom. The number of halogens is 3. The maximum Gasteiger partial charge on any atom is 0.406 e. The van der Waals surface area contributed by atoms with E-state index >= 15 is 0 Å². The summed E-state index contributed by atoms with van der Waals surface area (Å²) < 4.78 is 37.1. The van der Waals surface area contributed by atoms with Crippen LogP contribution in [-0.2, 0) is 0 Å². The Hall–Kier alpha value is -1.51. The first-order valence-corrected chi connectivity index (χ1v) is 6.27. The third-order valence-corrected chi connectivity index (χ3v) is 3.48. The van der Waals surface area contributed by atoms with Gasteiger partial charge in [-0.2, -0.15) is 13.2 Å². The predicted octanol–water partition coefficient (Wildman–Crippen LogP) is 1.82. The van der Waals surface area contributed by atoms with E-state index in [0.717, 1.165) is 11.3 Å². The van der Waals surface area contributed by atoms with Gasteiger partial charge < -0.3 is 15.5 Å². The molecule has 0 saturated heterocycles. The van der Waals surface area contributed by atoms with Crippen LogP contribution in [-0.4, -0.2) is 49.2 Å². The van der Waals surface area contributed by atoms with Gasteiger partial charge in [0.15, 0.2) is 5.13 Å². The van der Waals surface area contributed by atoms with Crippen LogP contribution in [0, 0.1) is 0 Å². The minimum Gasteiger partial charge on any atom is -0.382 e. The number of aromatic nitrogens is 1. The van der Waals surface area contributed by atoms with Gasteiger partial charge in [0, 0.05) is 20.6 Å². The molecule has 2 N–H and O–H groups in total. The van der Waals surface area contributed by atoms with Crippen molar-refractivity contribution in [3.63, 3.8) is 0 Å². The molecule has 0 aliphatic carbocycles. The van der Waals surface area contributed by atoms with Crippen LogP contribution >= 0.6 is 11.3 Å². The highest BCUT2D eigenvalue weighted by Crippen LogP contribution is 2.28. The van der Waals surface area contributed by atoms with Gasteiger partial charge in [0.25, 0.3) is 5.91 Å². The van der Waals surface area contributed by atoms with E-state index in [-0.39, 0.29) is 17.2 Å². The SMILES string of the molecule is CCN(CC(F)(F)F)C(=O)c1sc(N(C)C)nc1N. The van der Waals surface area contributed by atoms with E-state index < -0.39 is 18.6 Å². The first-order valence-electron chi connectivity index (χ1n) is 5.45. The van der Waals surface area contributed by atoms with E-state index in [4.69, 9.17) is 5.73 Å². The number of thiazole rings is 1. The molecule has 1 amide bonds. The number of carbonyl (C=O) groups is 1. The molecule has 1 heterocycles. The number of nitrogens with zero attached hydrogens (tertiary/aromatic N) is 3. The summed E-state index contributed by atoms with van der Waals surface area (Å²) in [6.45, 7) is 0.137. The lowest BCUT2D eigenvalue weighted by atomic mass is 10.4. The summed E-state index contributed by atoms with van der Waals surface area (Å²) >= 11 is 0.977. The standard InChI is InChI=1S/C10H15F3N4OS/c1-4-17(5-10(11,12)13)8(18)6-7(14)15-9(19-6)16(2)3/h4-5,14H2,1-3H3. The second-order valence-electron chi connectivity index (χ2n) is 4.04. The Kier molecular flexibility index (Phi) is 4.61. The van der Waals surface area contributed by atoms with Gasteiger partial charge in [0.1, 0.15) is 17.2 Å². The monoisotopic (exact) mass is 296 g/mol. The molecule has 1 rings (SSSR count). The molecule has 0 aliphatic rings. The van der Waals surface area contributed by atoms with Crippen LogP contribution in [0.4, 0.5) is 24.1 Å². The number of amides is 1. The lowest BCUT2D eigenvalue weighted by Crippen LogP contribution is -2.38. The quantitative estimate of drug-likeness (QED) is 0.920. The fraction of sp³-hybridized carbons (Fsp3) is 0.600. The van der Waals surface area contributed by atoms with Crippen LogP contribution in [0.5, 0.6) is 0 Å². The second-order valence-corrected chi connectivity index (χ2v) is 5.02. The number of alkyl halides is 3. The molecule has 0 unspecified atom stereocenters. The Morgan fingerprint density at radius 1 is 1.42 bits per heavy atom. The number of rotatable bonds is 4. The first kappa shape index (κ1) is 15.5. The number of anilines is 2. The van der Waals surface area contributed by atoms with Gasteiger partial charge in [-0.3, -0.25) is 4.79 Å². The molecule has 0 bridgehead atoms. The van der Waals surface area contributed by atoms with Crippen LogP contribution < -0.4 is 10.6 Å². The lowest BCUT2D eigenvalue weighted by molar-refractivity contribution is -0.140. The molecule has 19 heavy (non-hydrogen) atoms. The first-order chi connectivity index (χ1) is 8.65. The van der Waals surface area contributed by atoms with E-state index in [9.17, 15) is 18.0 Å². The number of carbonyl (C=O) groups excluding carboxylic acids is 1. The zero-order chi connectivity index (χ0) is 14.8. The molecule has 0 radical (unpaired) electrons. The van der Waals surface area contributed by atoms with Crippen LogP contribution in [0.1, 0.15) is 16.6 Å². The Morgan fingerprint density at radius 2 is 2.00 bits per heavy atom. The van der Waals surface area contributed by atoms with Gasteiger partial charge in [-0.1, -0.05) is 11.3 Å². The molecule has 0 fully saturated rings. The second kappa shape index (κ2) is 5.64. The lowest BCUT2D eigenvalue weighted by Gasteiger charge is -2.21. The zero-order valence-corrected chi connectivity index (χ0v) is 11.6. The zero-order valence-electron chi connectivity index (χ0n) is 10.8. The number of nitrogen functional groups attached to an aromatic ring is 1. The molecule has 0 atom stereocenters. The van der Waals surface area contributed by atoms with Crippen molar-refractivity contribution in [3.05, 3.63) is 4.88 Å². The largest absolute Gasteiger partial charge is 0.406 e. The molecular formula is C10H15F3N4OS. The Labute approximate surface area is 112 Å². The Bertz CT molecular complexity index is 458. The van der Waals surface area contributed by atoms with Crippen LogP contribution in [0.15, 0.2) is 0 Å². The molecule has 0 spiro atoms. The van der Waals surface area contributed by atoms with Gasteiger partial charge in [0.2, 0.25) is 0 Å². The predicted molar refractivity (Wildman–Crippen MR) is 68.5 cm³/mol. The molecule has 0 saturated carbocycles. The third-order valence-electron chi connectivity index (χ3n) is 2.26. The van der Waals surface area contributed by atoms with Crippen molar-refractivity contribution in [2.24, 2.45) is 0 Å². The molecule has 0 aromatic carbocycles. The number of hydrogen-bond acceptors (Lipinski definition) is 5. The Balaban J connectivity index is 2.98. The van der Waals surface area contributed by atoms with Crippen LogP contribution in [0.2, 0.25) is 0 Å². The fourth-order valence-electron chi connectivity index (χ4n) is 1.35. The maximum absolute atomic E-state index is 12.4. The van der Waals surface area contributed by atoms with Crippen molar-refractivity contribution in [1.29, 1.82) is 0 Å². The van der Waals surface area contributed by atoms with Crippen LogP contribution in [0.25, 0.3) is 0 Å². The highest BCUT2D eigenvalue weighted by Gasteiger charge is 2.34. The molecule has 9 heteroatoms. The van der Waals surface area contributed by atoms with Crippen molar-refractivity contribution in [1.82, 2.24) is 9.88 Å². The summed E-state index contributed by atoms with van der Waals surface area (Å²) in [7, 11) is 3.42. The van der Waals surface area contributed by atoms with E-state index in [1.165, 1.54) is 6.92 Å². The topological polar surface area (TPSA) is 62.5 Å². The molecule has 1 aromatic heterocycles. The highest BCUT2D eigenvalue weighted by atomic mass is 32.1. The summed E-state index contributed by atoms with van der Waals surface area (Å²) in [5.74, 6) is -0.790. The molecular weight excluding hydrogens is 281 g/mol. The van der Waals surface area contributed by atoms with E-state index in [0.29, 0.717) is 10.0 Å². The number of nitrogens with two attached hydrogens (primary N) is 1. The van der Waals surface area contributed by atoms with Crippen molar-refractivity contribution >= 4 is 28.2 Å². The normalized spacial score (nSPS) is 11.5. The summed E-state index contributed by atoms with van der Waals surface area (Å²) in [5, 5.41) is 0.476. The van der Waals surface area contributed by atoms with Crippen molar-refractivity contribution in [2.75, 3.05) is 37.8 Å². The minimum atomic E-state index is -4.44. The van der Waals surface area contributed by atoms with E-state index in [1.54, 1.807) is 19.0 Å². The average Bonchev–Trinajstić information content (AvgIpc) is 2.66. The van der Waals surface area contributed by atoms with E-state index in [1.807, 2.05) is 0 Å². The van der Waals surface area contributed by atoms with Crippen molar-refractivity contribution < 1.29 is 18.0 Å². The molecule has 5 nitrogen and oxygen atoms in total. The van der Waals surface area contributed by atoms with Gasteiger partial charge in [-0.05, 0) is 6.92 Å². The van der Waals surface area contributed by atoms with E-state index in [2.05, 4.69) is 4.98 Å². The van der Waals surface area contributed by atoms with Gasteiger partial charge >= 0.3 is 6.18 Å². The third kappa shape index (κ3) is 3.98. The van der Waals surface area contributed by atoms with Crippen LogP contribution in [0.3, 0.4) is 0 Å². The van der Waals surface area contributed by atoms with Crippen molar-refractivity contribution in [2.45, 2.75) is 13.1 Å². The molecule has 0 aliphatic heterocycles. The van der Waals surface area contributed by atoms with Gasteiger partial charge in [-0.25, -0.2) is 4.98 Å². The smallest absolute Gasteiger partial charge is 0.382 e. The van der Waals surface area contributed by atoms with Gasteiger partial charge in [0.05, 0.1) is 0 Å². The maximum atomic E-state index is 12.4. The fourth-order valence-corrected chi connectivity index (χ4v) is 2.23. The highest BCUT2D eigenvalue weighted by molar-refractivity contribution is 7.18. The van der Waals surface area contributed by atoms with Crippen molar-refractivity contribution in [3.8, 4) is 0 Å². The minimum absolute atomic E-state index is 0.0369. The summed E-state index contributed by atoms with van der Waals surface area (Å²) in [6.07, 6.45) is -4.44. The number of hydrogen-bond donors (Lipinski definition) is 1. The summed E-state index contributed by atoms with van der Waals surface area (Å²) in [5.41, 5.74) is 5.58. The van der Waals surface area contributed by atoms with Gasteiger partial charge in [-0.15, -0.1) is 0 Å². The summed E-state index contributed by atoms with van der Waals surface area (Å²) in [4.78, 5) is 18.3. The summed E-state index contributed by atoms with van der Waals surface area (Å²) in [6, 6.07) is 0. The molecule has 108 valence electrons. The molecule has 1 aromatic rings. The average molecular weight is 296 g/mol.